The number of nitrogens with two attached hydrogens (primary N) is 1. The summed E-state index contributed by atoms with van der Waals surface area (Å²) in [6, 6.07) is 2.93. The van der Waals surface area contributed by atoms with Gasteiger partial charge in [0.25, 0.3) is 5.69 Å². The minimum atomic E-state index is -0.463. The molecule has 7 nitrogen and oxygen atoms in total. The number of nitro groups is 1. The summed E-state index contributed by atoms with van der Waals surface area (Å²) in [5.41, 5.74) is 2.30. The molecule has 0 bridgehead atoms. The van der Waals surface area contributed by atoms with Crippen molar-refractivity contribution >= 4 is 17.3 Å². The van der Waals surface area contributed by atoms with Gasteiger partial charge < -0.3 is 10.7 Å². The van der Waals surface area contributed by atoms with E-state index in [9.17, 15) is 10.1 Å². The minimum absolute atomic E-state index is 0.0359. The van der Waals surface area contributed by atoms with E-state index in [1.54, 1.807) is 0 Å². The molecule has 0 aliphatic heterocycles. The van der Waals surface area contributed by atoms with Crippen LogP contribution in [0.25, 0.3) is 0 Å². The summed E-state index contributed by atoms with van der Waals surface area (Å²) in [5.74, 6) is 5.99. The number of nitrogens with one attached hydrogen (secondary N) is 2. The fraction of sp³-hybridized carbons (Fsp3) is 0.583. The molecule has 1 aromatic rings. The lowest BCUT2D eigenvalue weighted by Gasteiger charge is -2.14. The van der Waals surface area contributed by atoms with E-state index in [1.807, 2.05) is 6.92 Å². The SMILES string of the molecule is CCCCCC(C)Nc1cc([N+](=O)[O-])cc(NN)n1. The highest BCUT2D eigenvalue weighted by molar-refractivity contribution is 5.54. The van der Waals surface area contributed by atoms with Gasteiger partial charge in [0.15, 0.2) is 0 Å². The van der Waals surface area contributed by atoms with Crippen LogP contribution in [0.3, 0.4) is 0 Å². The van der Waals surface area contributed by atoms with Crippen LogP contribution in [0.5, 0.6) is 0 Å². The van der Waals surface area contributed by atoms with Crippen molar-refractivity contribution in [3.8, 4) is 0 Å². The number of rotatable bonds is 8. The molecule has 106 valence electrons. The van der Waals surface area contributed by atoms with Gasteiger partial charge >= 0.3 is 0 Å². The Bertz CT molecular complexity index is 425. The highest BCUT2D eigenvalue weighted by Crippen LogP contribution is 2.21. The molecule has 1 aromatic heterocycles. The molecule has 0 saturated carbocycles. The summed E-state index contributed by atoms with van der Waals surface area (Å²) in [6.45, 7) is 4.19. The molecule has 0 aliphatic rings. The van der Waals surface area contributed by atoms with Crippen molar-refractivity contribution in [2.45, 2.75) is 45.6 Å². The molecule has 19 heavy (non-hydrogen) atoms. The van der Waals surface area contributed by atoms with Gasteiger partial charge in [-0.05, 0) is 13.3 Å². The van der Waals surface area contributed by atoms with E-state index in [-0.39, 0.29) is 17.5 Å². The van der Waals surface area contributed by atoms with Gasteiger partial charge in [0.05, 0.1) is 17.1 Å². The lowest BCUT2D eigenvalue weighted by Crippen LogP contribution is -2.17. The van der Waals surface area contributed by atoms with Crippen LogP contribution < -0.4 is 16.6 Å². The molecule has 1 unspecified atom stereocenters. The number of nitrogens with zero attached hydrogens (tertiary/aromatic N) is 2. The van der Waals surface area contributed by atoms with Crippen molar-refractivity contribution in [1.29, 1.82) is 0 Å². The normalized spacial score (nSPS) is 11.9. The Hall–Kier alpha value is -1.89. The highest BCUT2D eigenvalue weighted by atomic mass is 16.6. The monoisotopic (exact) mass is 267 g/mol. The summed E-state index contributed by atoms with van der Waals surface area (Å²) in [7, 11) is 0. The van der Waals surface area contributed by atoms with Gasteiger partial charge in [-0.1, -0.05) is 26.2 Å². The predicted molar refractivity (Wildman–Crippen MR) is 75.9 cm³/mol. The molecule has 0 radical (unpaired) electrons. The van der Waals surface area contributed by atoms with Crippen LogP contribution in [0, 0.1) is 10.1 Å². The van der Waals surface area contributed by atoms with Gasteiger partial charge in [-0.25, -0.2) is 10.8 Å². The molecule has 0 aliphatic carbocycles. The van der Waals surface area contributed by atoms with Gasteiger partial charge in [0, 0.05) is 6.04 Å². The first-order valence-corrected chi connectivity index (χ1v) is 6.46. The van der Waals surface area contributed by atoms with E-state index in [0.717, 1.165) is 12.8 Å². The van der Waals surface area contributed by atoms with Crippen molar-refractivity contribution in [2.75, 3.05) is 10.7 Å². The Morgan fingerprint density at radius 2 is 2.11 bits per heavy atom. The predicted octanol–water partition coefficient (Wildman–Crippen LogP) is 2.66. The van der Waals surface area contributed by atoms with Gasteiger partial charge in [0.1, 0.15) is 11.6 Å². The topological polar surface area (TPSA) is 106 Å². The van der Waals surface area contributed by atoms with Gasteiger partial charge in [-0.15, -0.1) is 0 Å². The van der Waals surface area contributed by atoms with Crippen LogP contribution in [0.15, 0.2) is 12.1 Å². The third kappa shape index (κ3) is 5.09. The molecule has 1 heterocycles. The highest BCUT2D eigenvalue weighted by Gasteiger charge is 2.12. The standard InChI is InChI=1S/C12H21N5O2/c1-3-4-5-6-9(2)14-11-7-10(17(18)19)8-12(15-11)16-13/h7-9H,3-6,13H2,1-2H3,(H2,14,15,16). The first-order chi connectivity index (χ1) is 9.06. The van der Waals surface area contributed by atoms with Crippen molar-refractivity contribution < 1.29 is 4.92 Å². The second-order valence-corrected chi connectivity index (χ2v) is 4.54. The summed E-state index contributed by atoms with van der Waals surface area (Å²) < 4.78 is 0. The quantitative estimate of drug-likeness (QED) is 0.289. The minimum Gasteiger partial charge on any atom is -0.367 e. The molecule has 0 aromatic carbocycles. The zero-order chi connectivity index (χ0) is 14.3. The molecule has 1 atom stereocenters. The van der Waals surface area contributed by atoms with E-state index in [4.69, 9.17) is 5.84 Å². The van der Waals surface area contributed by atoms with E-state index in [1.165, 1.54) is 25.0 Å². The van der Waals surface area contributed by atoms with Crippen LogP contribution in [-0.2, 0) is 0 Å². The lowest BCUT2D eigenvalue weighted by atomic mass is 10.1. The number of nitrogen functional groups attached to an aromatic ring is 1. The average Bonchev–Trinajstić information content (AvgIpc) is 2.38. The van der Waals surface area contributed by atoms with Crippen molar-refractivity contribution in [2.24, 2.45) is 5.84 Å². The molecule has 7 heteroatoms. The lowest BCUT2D eigenvalue weighted by molar-refractivity contribution is -0.384. The molecular weight excluding hydrogens is 246 g/mol. The van der Waals surface area contributed by atoms with E-state index >= 15 is 0 Å². The van der Waals surface area contributed by atoms with Crippen molar-refractivity contribution in [3.63, 3.8) is 0 Å². The van der Waals surface area contributed by atoms with Crippen LogP contribution >= 0.6 is 0 Å². The van der Waals surface area contributed by atoms with Crippen LogP contribution in [0.4, 0.5) is 17.3 Å². The number of hydrogen-bond donors (Lipinski definition) is 3. The molecule has 0 saturated heterocycles. The van der Waals surface area contributed by atoms with E-state index in [2.05, 4.69) is 22.7 Å². The third-order valence-corrected chi connectivity index (χ3v) is 2.80. The fourth-order valence-electron chi connectivity index (χ4n) is 1.79. The van der Waals surface area contributed by atoms with Gasteiger partial charge in [-0.2, -0.15) is 0 Å². The summed E-state index contributed by atoms with van der Waals surface area (Å²) >= 11 is 0. The Morgan fingerprint density at radius 3 is 2.68 bits per heavy atom. The molecule has 0 fully saturated rings. The molecule has 1 rings (SSSR count). The number of aromatic nitrogens is 1. The smallest absolute Gasteiger partial charge is 0.276 e. The number of pyridine rings is 1. The second-order valence-electron chi connectivity index (χ2n) is 4.54. The largest absolute Gasteiger partial charge is 0.367 e. The van der Waals surface area contributed by atoms with Gasteiger partial charge in [-0.3, -0.25) is 10.1 Å². The first-order valence-electron chi connectivity index (χ1n) is 6.46. The number of unbranched alkanes of at least 4 members (excludes halogenated alkanes) is 2. The molecule has 0 spiro atoms. The fourth-order valence-corrected chi connectivity index (χ4v) is 1.79. The summed E-state index contributed by atoms with van der Waals surface area (Å²) in [5, 5.41) is 14.0. The van der Waals surface area contributed by atoms with Crippen LogP contribution in [0.1, 0.15) is 39.5 Å². The summed E-state index contributed by atoms with van der Waals surface area (Å²) in [4.78, 5) is 14.5. The Morgan fingerprint density at radius 1 is 1.42 bits per heavy atom. The maximum absolute atomic E-state index is 10.8. The molecular formula is C12H21N5O2. The van der Waals surface area contributed by atoms with Crippen molar-refractivity contribution in [1.82, 2.24) is 4.98 Å². The van der Waals surface area contributed by atoms with E-state index < -0.39 is 4.92 Å². The summed E-state index contributed by atoms with van der Waals surface area (Å²) in [6.07, 6.45) is 4.48. The number of hydrazine groups is 1. The van der Waals surface area contributed by atoms with Crippen molar-refractivity contribution in [3.05, 3.63) is 22.2 Å². The average molecular weight is 267 g/mol. The Balaban J connectivity index is 2.71. The maximum Gasteiger partial charge on any atom is 0.276 e. The molecule has 4 N–H and O–H groups in total. The number of anilines is 2. The maximum atomic E-state index is 10.8. The third-order valence-electron chi connectivity index (χ3n) is 2.80. The van der Waals surface area contributed by atoms with Crippen LogP contribution in [-0.4, -0.2) is 15.9 Å². The zero-order valence-corrected chi connectivity index (χ0v) is 11.3. The van der Waals surface area contributed by atoms with Gasteiger partial charge in [0.2, 0.25) is 0 Å². The second kappa shape index (κ2) is 7.52. The Kier molecular flexibility index (Phi) is 6.01. The molecule has 0 amide bonds. The first kappa shape index (κ1) is 15.2. The zero-order valence-electron chi connectivity index (χ0n) is 11.3. The van der Waals surface area contributed by atoms with Crippen LogP contribution in [0.2, 0.25) is 0 Å². The Labute approximate surface area is 112 Å². The number of hydrogen-bond acceptors (Lipinski definition) is 6. The van der Waals surface area contributed by atoms with E-state index in [0.29, 0.717) is 5.82 Å².